The first-order valence-electron chi connectivity index (χ1n) is 5.69. The topological polar surface area (TPSA) is 93.5 Å². The van der Waals surface area contributed by atoms with Crippen molar-refractivity contribution in [2.75, 3.05) is 6.61 Å². The Morgan fingerprint density at radius 1 is 1.40 bits per heavy atom. The summed E-state index contributed by atoms with van der Waals surface area (Å²) in [5.74, 6) is -0.899. The van der Waals surface area contributed by atoms with Gasteiger partial charge in [-0.15, -0.1) is 0 Å². The van der Waals surface area contributed by atoms with Gasteiger partial charge in [-0.2, -0.15) is 18.3 Å². The van der Waals surface area contributed by atoms with Crippen LogP contribution in [0.25, 0.3) is 5.65 Å². The summed E-state index contributed by atoms with van der Waals surface area (Å²) >= 11 is 0. The van der Waals surface area contributed by atoms with Gasteiger partial charge in [-0.3, -0.25) is 4.79 Å². The molecule has 2 aromatic rings. The van der Waals surface area contributed by atoms with Gasteiger partial charge in [0.15, 0.2) is 11.3 Å². The lowest BCUT2D eigenvalue weighted by atomic mass is 10.1. The maximum atomic E-state index is 13.1. The van der Waals surface area contributed by atoms with Gasteiger partial charge in [-0.1, -0.05) is 0 Å². The number of primary amides is 1. The molecule has 9 heteroatoms. The van der Waals surface area contributed by atoms with Crippen LogP contribution in [-0.4, -0.2) is 32.2 Å². The number of fused-ring (bicyclic) bond motifs is 1. The Balaban J connectivity index is 2.68. The van der Waals surface area contributed by atoms with Gasteiger partial charge in [0.05, 0.1) is 6.20 Å². The molecule has 0 saturated carbocycles. The van der Waals surface area contributed by atoms with E-state index in [1.165, 1.54) is 0 Å². The van der Waals surface area contributed by atoms with Crippen LogP contribution >= 0.6 is 0 Å². The first-order valence-corrected chi connectivity index (χ1v) is 5.69. The zero-order valence-corrected chi connectivity index (χ0v) is 10.2. The lowest BCUT2D eigenvalue weighted by Crippen LogP contribution is -2.18. The third-order valence-electron chi connectivity index (χ3n) is 2.74. The van der Waals surface area contributed by atoms with E-state index in [4.69, 9.17) is 10.8 Å². The van der Waals surface area contributed by atoms with Gasteiger partial charge in [-0.05, 0) is 12.8 Å². The van der Waals surface area contributed by atoms with Crippen molar-refractivity contribution in [1.82, 2.24) is 14.6 Å². The van der Waals surface area contributed by atoms with Crippen LogP contribution in [0.2, 0.25) is 0 Å². The first kappa shape index (κ1) is 14.3. The Hall–Kier alpha value is -2.16. The van der Waals surface area contributed by atoms with Crippen molar-refractivity contribution in [3.8, 4) is 0 Å². The molecule has 0 fully saturated rings. The summed E-state index contributed by atoms with van der Waals surface area (Å²) in [5, 5.41) is 12.3. The summed E-state index contributed by atoms with van der Waals surface area (Å²) in [6.45, 7) is -0.235. The molecule has 2 heterocycles. The second-order valence-corrected chi connectivity index (χ2v) is 4.11. The second-order valence-electron chi connectivity index (χ2n) is 4.11. The number of amides is 1. The summed E-state index contributed by atoms with van der Waals surface area (Å²) in [6.07, 6.45) is -2.51. The van der Waals surface area contributed by atoms with Gasteiger partial charge in [0.1, 0.15) is 5.56 Å². The van der Waals surface area contributed by atoms with E-state index >= 15 is 0 Å². The summed E-state index contributed by atoms with van der Waals surface area (Å²) in [5.41, 5.74) is 3.53. The van der Waals surface area contributed by atoms with E-state index in [1.54, 1.807) is 0 Å². The van der Waals surface area contributed by atoms with Crippen molar-refractivity contribution in [2.24, 2.45) is 5.73 Å². The van der Waals surface area contributed by atoms with Crippen LogP contribution in [0, 0.1) is 0 Å². The van der Waals surface area contributed by atoms with E-state index < -0.39 is 17.8 Å². The van der Waals surface area contributed by atoms with E-state index in [9.17, 15) is 18.0 Å². The molecule has 2 aromatic heterocycles. The Morgan fingerprint density at radius 3 is 2.65 bits per heavy atom. The first-order chi connectivity index (χ1) is 9.36. The fourth-order valence-electron chi connectivity index (χ4n) is 1.89. The van der Waals surface area contributed by atoms with Crippen LogP contribution in [0.3, 0.4) is 0 Å². The molecule has 0 bridgehead atoms. The smallest absolute Gasteiger partial charge is 0.396 e. The second kappa shape index (κ2) is 5.08. The van der Waals surface area contributed by atoms with E-state index in [-0.39, 0.29) is 36.2 Å². The molecule has 0 saturated heterocycles. The molecule has 0 unspecified atom stereocenters. The van der Waals surface area contributed by atoms with Gasteiger partial charge in [0, 0.05) is 18.4 Å². The molecule has 0 aliphatic heterocycles. The molecular weight excluding hydrogens is 277 g/mol. The molecule has 108 valence electrons. The molecule has 0 aliphatic rings. The van der Waals surface area contributed by atoms with Crippen LogP contribution in [0.15, 0.2) is 12.4 Å². The lowest BCUT2D eigenvalue weighted by Gasteiger charge is -2.13. The predicted molar refractivity (Wildman–Crippen MR) is 61.9 cm³/mol. The zero-order chi connectivity index (χ0) is 14.9. The number of rotatable bonds is 4. The maximum absolute atomic E-state index is 13.1. The van der Waals surface area contributed by atoms with Crippen molar-refractivity contribution >= 4 is 11.6 Å². The number of aliphatic hydroxyl groups is 1. The summed E-state index contributed by atoms with van der Waals surface area (Å²) < 4.78 is 40.0. The Bertz CT molecular complexity index is 651. The molecule has 0 aromatic carbocycles. The highest BCUT2D eigenvalue weighted by atomic mass is 19.4. The van der Waals surface area contributed by atoms with Crippen LogP contribution in [-0.2, 0) is 12.6 Å². The number of alkyl halides is 3. The van der Waals surface area contributed by atoms with E-state index in [2.05, 4.69) is 10.1 Å². The van der Waals surface area contributed by atoms with Crippen molar-refractivity contribution in [3.63, 3.8) is 0 Å². The molecule has 0 radical (unpaired) electrons. The maximum Gasteiger partial charge on any atom is 0.433 e. The third kappa shape index (κ3) is 2.44. The predicted octanol–water partition coefficient (Wildman–Crippen LogP) is 0.772. The number of hydrogen-bond donors (Lipinski definition) is 2. The lowest BCUT2D eigenvalue weighted by molar-refractivity contribution is -0.143. The van der Waals surface area contributed by atoms with Crippen molar-refractivity contribution in [1.29, 1.82) is 0 Å². The number of halogens is 3. The average molecular weight is 288 g/mol. The van der Waals surface area contributed by atoms with Crippen LogP contribution < -0.4 is 5.73 Å². The van der Waals surface area contributed by atoms with Gasteiger partial charge in [0.25, 0.3) is 5.91 Å². The van der Waals surface area contributed by atoms with Gasteiger partial charge < -0.3 is 10.8 Å². The van der Waals surface area contributed by atoms with Crippen LogP contribution in [0.4, 0.5) is 13.2 Å². The fraction of sp³-hybridized carbons (Fsp3) is 0.364. The van der Waals surface area contributed by atoms with Crippen molar-refractivity contribution in [2.45, 2.75) is 19.0 Å². The summed E-state index contributed by atoms with van der Waals surface area (Å²) in [6, 6.07) is 0. The highest BCUT2D eigenvalue weighted by Gasteiger charge is 2.37. The zero-order valence-electron chi connectivity index (χ0n) is 10.2. The largest absolute Gasteiger partial charge is 0.433 e. The van der Waals surface area contributed by atoms with E-state index in [0.29, 0.717) is 4.52 Å². The Labute approximate surface area is 111 Å². The third-order valence-corrected chi connectivity index (χ3v) is 2.74. The van der Waals surface area contributed by atoms with Gasteiger partial charge >= 0.3 is 6.18 Å². The molecule has 6 nitrogen and oxygen atoms in total. The minimum absolute atomic E-state index is 0.0000477. The number of carbonyl (C=O) groups excluding carboxylic acids is 1. The minimum Gasteiger partial charge on any atom is -0.396 e. The molecular formula is C11H11F3N4O2. The average Bonchev–Trinajstić information content (AvgIpc) is 2.77. The van der Waals surface area contributed by atoms with E-state index in [0.717, 1.165) is 12.4 Å². The Morgan fingerprint density at radius 2 is 2.10 bits per heavy atom. The van der Waals surface area contributed by atoms with Crippen molar-refractivity contribution < 1.29 is 23.1 Å². The number of aliphatic hydroxyl groups excluding tert-OH is 1. The monoisotopic (exact) mass is 288 g/mol. The Kier molecular flexibility index (Phi) is 3.62. The molecule has 0 spiro atoms. The molecule has 1 amide bonds. The molecule has 0 aliphatic carbocycles. The van der Waals surface area contributed by atoms with Gasteiger partial charge in [-0.25, -0.2) is 9.50 Å². The fourth-order valence-corrected chi connectivity index (χ4v) is 1.89. The van der Waals surface area contributed by atoms with Crippen LogP contribution in [0.5, 0.6) is 0 Å². The number of nitrogens with two attached hydrogens (primary N) is 1. The molecule has 2 rings (SSSR count). The van der Waals surface area contributed by atoms with Gasteiger partial charge in [0.2, 0.25) is 0 Å². The quantitative estimate of drug-likeness (QED) is 0.869. The highest BCUT2D eigenvalue weighted by molar-refractivity contribution is 5.98. The highest BCUT2D eigenvalue weighted by Crippen LogP contribution is 2.32. The number of aromatic nitrogens is 3. The summed E-state index contributed by atoms with van der Waals surface area (Å²) in [7, 11) is 0. The molecule has 20 heavy (non-hydrogen) atoms. The molecule has 0 atom stereocenters. The SMILES string of the molecule is NC(=O)c1cnn2c(C(F)(F)F)c(CCCO)cnc12. The van der Waals surface area contributed by atoms with Crippen LogP contribution in [0.1, 0.15) is 28.0 Å². The molecule has 3 N–H and O–H groups in total. The number of hydrogen-bond acceptors (Lipinski definition) is 4. The standard InChI is InChI=1S/C11H11F3N4O2/c12-11(13,14)8-6(2-1-3-19)4-16-10-7(9(15)20)5-17-18(8)10/h4-5,19H,1-3H2,(H2,15,20). The van der Waals surface area contributed by atoms with E-state index in [1.807, 2.05) is 0 Å². The summed E-state index contributed by atoms with van der Waals surface area (Å²) in [4.78, 5) is 14.9. The minimum atomic E-state index is -4.66. The normalized spacial score (nSPS) is 12.0. The number of aryl methyl sites for hydroxylation is 1. The number of carbonyl (C=O) groups is 1. The van der Waals surface area contributed by atoms with Crippen molar-refractivity contribution in [3.05, 3.63) is 29.2 Å². The number of nitrogens with zero attached hydrogens (tertiary/aromatic N) is 3.